The molecule has 0 heterocycles. The number of hydrogen-bond donors (Lipinski definition) is 1. The lowest BCUT2D eigenvalue weighted by molar-refractivity contribution is -0.355. The van der Waals surface area contributed by atoms with Crippen molar-refractivity contribution in [3.63, 3.8) is 0 Å². The normalized spacial score (nSPS) is 14.8. The molecule has 1 unspecified atom stereocenters. The van der Waals surface area contributed by atoms with Gasteiger partial charge in [0.15, 0.2) is 0 Å². The summed E-state index contributed by atoms with van der Waals surface area (Å²) in [5.41, 5.74) is 0. The van der Waals surface area contributed by atoms with Crippen molar-refractivity contribution in [1.82, 2.24) is 0 Å². The van der Waals surface area contributed by atoms with Crippen molar-refractivity contribution in [3.05, 3.63) is 0 Å². The van der Waals surface area contributed by atoms with Crippen LogP contribution in [0.5, 0.6) is 0 Å². The van der Waals surface area contributed by atoms with Gasteiger partial charge in [-0.2, -0.15) is 0 Å². The largest absolute Gasteiger partial charge is 0.525 e. The molecule has 3 nitrogen and oxygen atoms in total. The lowest BCUT2D eigenvalue weighted by atomic mass is 10.7. The van der Waals surface area contributed by atoms with Crippen LogP contribution in [0.4, 0.5) is 17.6 Å². The molecular formula is C3H2F4O3. The van der Waals surface area contributed by atoms with Crippen molar-refractivity contribution in [1.29, 1.82) is 0 Å². The highest BCUT2D eigenvalue weighted by Gasteiger charge is 2.36. The lowest BCUT2D eigenvalue weighted by Crippen LogP contribution is -2.26. The van der Waals surface area contributed by atoms with Gasteiger partial charge in [-0.1, -0.05) is 0 Å². The summed E-state index contributed by atoms with van der Waals surface area (Å²) in [5.74, 6) is -2.31. The minimum absolute atomic E-state index is 2.31. The number of carbonyl (C=O) groups is 1. The number of alkyl halides is 4. The van der Waals surface area contributed by atoms with Crippen molar-refractivity contribution >= 4 is 5.97 Å². The van der Waals surface area contributed by atoms with Crippen molar-refractivity contribution in [2.45, 2.75) is 12.7 Å². The predicted molar refractivity (Wildman–Crippen MR) is 19.7 cm³/mol. The first-order valence-electron chi connectivity index (χ1n) is 1.94. The van der Waals surface area contributed by atoms with Gasteiger partial charge in [0, 0.05) is 0 Å². The number of ether oxygens (including phenoxy) is 1. The van der Waals surface area contributed by atoms with Gasteiger partial charge in [-0.25, -0.2) is 13.9 Å². The molecule has 1 N–H and O–H groups in total. The molecule has 0 aromatic rings. The number of halogens is 4. The molecule has 0 radical (unpaired) electrons. The standard InChI is InChI=1S/C3H2F4O3/c4-1(2(8)9)10-3(5,6)7/h1H,(H,8,9). The van der Waals surface area contributed by atoms with Gasteiger partial charge < -0.3 is 5.11 Å². The van der Waals surface area contributed by atoms with E-state index in [1.54, 1.807) is 0 Å². The second-order valence-electron chi connectivity index (χ2n) is 1.22. The van der Waals surface area contributed by atoms with E-state index in [-0.39, 0.29) is 0 Å². The Morgan fingerprint density at radius 2 is 1.90 bits per heavy atom. The van der Waals surface area contributed by atoms with Crippen molar-refractivity contribution in [3.8, 4) is 0 Å². The van der Waals surface area contributed by atoms with Gasteiger partial charge >= 0.3 is 18.7 Å². The first-order chi connectivity index (χ1) is 4.33. The predicted octanol–water partition coefficient (Wildman–Crippen LogP) is 0.903. The number of aliphatic carboxylic acids is 1. The van der Waals surface area contributed by atoms with E-state index in [1.807, 2.05) is 0 Å². The Balaban J connectivity index is 3.80. The molecule has 0 spiro atoms. The van der Waals surface area contributed by atoms with E-state index < -0.39 is 18.7 Å². The SMILES string of the molecule is O=C(O)C(F)OC(F)(F)F. The van der Waals surface area contributed by atoms with E-state index in [9.17, 15) is 22.4 Å². The Hall–Kier alpha value is -0.850. The zero-order valence-corrected chi connectivity index (χ0v) is 4.35. The molecule has 1 atom stereocenters. The number of rotatable bonds is 2. The zero-order chi connectivity index (χ0) is 8.36. The van der Waals surface area contributed by atoms with Crippen LogP contribution in [0.2, 0.25) is 0 Å². The summed E-state index contributed by atoms with van der Waals surface area (Å²) in [6.45, 7) is 0. The van der Waals surface area contributed by atoms with Gasteiger partial charge in [-0.3, -0.25) is 0 Å². The first-order valence-corrected chi connectivity index (χ1v) is 1.94. The van der Waals surface area contributed by atoms with Crippen LogP contribution in [0.1, 0.15) is 0 Å². The Kier molecular flexibility index (Phi) is 2.58. The molecule has 0 rings (SSSR count). The van der Waals surface area contributed by atoms with Gasteiger partial charge in [0.2, 0.25) is 0 Å². The molecule has 0 aliphatic rings. The molecule has 7 heteroatoms. The minimum Gasteiger partial charge on any atom is -0.477 e. The summed E-state index contributed by atoms with van der Waals surface area (Å²) < 4.78 is 46.7. The van der Waals surface area contributed by atoms with Crippen LogP contribution in [0.3, 0.4) is 0 Å². The number of carboxylic acids is 1. The molecular weight excluding hydrogens is 160 g/mol. The molecule has 0 saturated heterocycles. The lowest BCUT2D eigenvalue weighted by Gasteiger charge is -2.06. The first kappa shape index (κ1) is 9.15. The third-order valence-corrected chi connectivity index (χ3v) is 0.431. The molecule has 0 aliphatic carbocycles. The van der Waals surface area contributed by atoms with Crippen molar-refractivity contribution in [2.75, 3.05) is 0 Å². The highest BCUT2D eigenvalue weighted by Crippen LogP contribution is 2.19. The van der Waals surface area contributed by atoms with E-state index in [1.165, 1.54) is 0 Å². The summed E-state index contributed by atoms with van der Waals surface area (Å²) in [7, 11) is 0. The maximum absolute atomic E-state index is 11.5. The smallest absolute Gasteiger partial charge is 0.477 e. The fourth-order valence-corrected chi connectivity index (χ4v) is 0.168. The van der Waals surface area contributed by atoms with Crippen LogP contribution in [0.15, 0.2) is 0 Å². The Morgan fingerprint density at radius 3 is 2.00 bits per heavy atom. The topological polar surface area (TPSA) is 46.5 Å². The van der Waals surface area contributed by atoms with Gasteiger partial charge in [-0.15, -0.1) is 13.2 Å². The number of carboxylic acid groups (broad SMARTS) is 1. The van der Waals surface area contributed by atoms with Crippen LogP contribution in [0.25, 0.3) is 0 Å². The molecule has 0 fully saturated rings. The van der Waals surface area contributed by atoms with Crippen LogP contribution in [-0.4, -0.2) is 23.8 Å². The van der Waals surface area contributed by atoms with Crippen LogP contribution in [-0.2, 0) is 9.53 Å². The summed E-state index contributed by atoms with van der Waals surface area (Å²) in [5, 5.41) is 7.55. The average molecular weight is 162 g/mol. The van der Waals surface area contributed by atoms with E-state index in [4.69, 9.17) is 5.11 Å². The monoisotopic (exact) mass is 162 g/mol. The second-order valence-corrected chi connectivity index (χ2v) is 1.22. The second kappa shape index (κ2) is 2.82. The summed E-state index contributed by atoms with van der Waals surface area (Å²) in [6, 6.07) is 0. The third kappa shape index (κ3) is 4.07. The highest BCUT2D eigenvalue weighted by molar-refractivity contribution is 5.70. The Bertz CT molecular complexity index is 130. The summed E-state index contributed by atoms with van der Waals surface area (Å²) >= 11 is 0. The molecule has 0 aliphatic heterocycles. The van der Waals surface area contributed by atoms with Crippen LogP contribution >= 0.6 is 0 Å². The molecule has 0 saturated carbocycles. The van der Waals surface area contributed by atoms with Crippen molar-refractivity contribution < 1.29 is 32.2 Å². The Morgan fingerprint density at radius 1 is 1.50 bits per heavy atom. The fourth-order valence-electron chi connectivity index (χ4n) is 0.168. The molecule has 0 aromatic heterocycles. The quantitative estimate of drug-likeness (QED) is 0.613. The molecule has 60 valence electrons. The summed E-state index contributed by atoms with van der Waals surface area (Å²) in [4.78, 5) is 9.38. The molecule has 0 aromatic carbocycles. The van der Waals surface area contributed by atoms with E-state index in [2.05, 4.69) is 4.74 Å². The maximum Gasteiger partial charge on any atom is 0.525 e. The van der Waals surface area contributed by atoms with Gasteiger partial charge in [-0.05, 0) is 0 Å². The highest BCUT2D eigenvalue weighted by atomic mass is 19.4. The van der Waals surface area contributed by atoms with E-state index >= 15 is 0 Å². The van der Waals surface area contributed by atoms with Gasteiger partial charge in [0.05, 0.1) is 0 Å². The zero-order valence-electron chi connectivity index (χ0n) is 4.35. The van der Waals surface area contributed by atoms with Crippen LogP contribution < -0.4 is 0 Å². The van der Waals surface area contributed by atoms with E-state index in [0.29, 0.717) is 0 Å². The molecule has 10 heavy (non-hydrogen) atoms. The van der Waals surface area contributed by atoms with Gasteiger partial charge in [0.1, 0.15) is 0 Å². The Labute approximate surface area is 52.2 Å². The number of hydrogen-bond acceptors (Lipinski definition) is 2. The molecule has 0 amide bonds. The minimum atomic E-state index is -5.25. The fraction of sp³-hybridized carbons (Fsp3) is 0.667. The van der Waals surface area contributed by atoms with Crippen molar-refractivity contribution in [2.24, 2.45) is 0 Å². The average Bonchev–Trinajstić information content (AvgIpc) is 1.60. The van der Waals surface area contributed by atoms with Gasteiger partial charge in [0.25, 0.3) is 0 Å². The third-order valence-electron chi connectivity index (χ3n) is 0.431. The molecule has 0 bridgehead atoms. The van der Waals surface area contributed by atoms with Crippen LogP contribution in [0, 0.1) is 0 Å². The maximum atomic E-state index is 11.5. The summed E-state index contributed by atoms with van der Waals surface area (Å²) in [6.07, 6.45) is -8.60. The van der Waals surface area contributed by atoms with E-state index in [0.717, 1.165) is 0 Å².